The summed E-state index contributed by atoms with van der Waals surface area (Å²) in [5, 5.41) is 3.08. The normalized spacial score (nSPS) is 14.0. The second-order valence-corrected chi connectivity index (χ2v) is 10.3. The van der Waals surface area contributed by atoms with Crippen molar-refractivity contribution in [2.45, 2.75) is 16.5 Å². The molecule has 1 saturated heterocycles. The van der Waals surface area contributed by atoms with E-state index < -0.39 is 0 Å². The van der Waals surface area contributed by atoms with E-state index in [9.17, 15) is 4.79 Å². The first-order chi connectivity index (χ1) is 16.2. The highest BCUT2D eigenvalue weighted by atomic mass is 32.2. The highest BCUT2D eigenvalue weighted by Crippen LogP contribution is 2.34. The standard InChI is InChI=1S/C26H26N2O3S2/c1-27(17-19-8-10-20(11-9-19)28-12-14-30-15-13-28)26(29)25-22(18-33-24-7-4-16-32-24)21-5-2-3-6-23(21)31-25/h2-11,16H,12-15,17-18H2,1H3. The number of ether oxygens (including phenoxy) is 1. The van der Waals surface area contributed by atoms with Gasteiger partial charge >= 0.3 is 0 Å². The largest absolute Gasteiger partial charge is 0.451 e. The van der Waals surface area contributed by atoms with Gasteiger partial charge in [0.05, 0.1) is 17.4 Å². The minimum absolute atomic E-state index is 0.0924. The fraction of sp³-hybridized carbons (Fsp3) is 0.269. The predicted molar refractivity (Wildman–Crippen MR) is 135 cm³/mol. The van der Waals surface area contributed by atoms with Gasteiger partial charge in [0.2, 0.25) is 0 Å². The molecule has 1 aliphatic heterocycles. The third kappa shape index (κ3) is 4.95. The molecule has 0 unspecified atom stereocenters. The number of thioether (sulfide) groups is 1. The van der Waals surface area contributed by atoms with Crippen molar-refractivity contribution in [3.8, 4) is 0 Å². The molecule has 0 radical (unpaired) electrons. The Labute approximate surface area is 201 Å². The number of hydrogen-bond acceptors (Lipinski definition) is 6. The minimum atomic E-state index is -0.0924. The maximum absolute atomic E-state index is 13.4. The maximum Gasteiger partial charge on any atom is 0.289 e. The molecule has 5 rings (SSSR count). The van der Waals surface area contributed by atoms with Crippen molar-refractivity contribution in [2.24, 2.45) is 0 Å². The van der Waals surface area contributed by atoms with Crippen LogP contribution in [0.2, 0.25) is 0 Å². The number of carbonyl (C=O) groups excluding carboxylic acids is 1. The predicted octanol–water partition coefficient (Wildman–Crippen LogP) is 5.90. The third-order valence-electron chi connectivity index (χ3n) is 5.83. The Morgan fingerprint density at radius 3 is 2.61 bits per heavy atom. The number of benzene rings is 2. The topological polar surface area (TPSA) is 45.9 Å². The van der Waals surface area contributed by atoms with Crippen molar-refractivity contribution in [2.75, 3.05) is 38.3 Å². The average molecular weight is 479 g/mol. The van der Waals surface area contributed by atoms with Crippen LogP contribution in [0.4, 0.5) is 5.69 Å². The van der Waals surface area contributed by atoms with Crippen LogP contribution in [0.5, 0.6) is 0 Å². The molecule has 2 aromatic carbocycles. The van der Waals surface area contributed by atoms with E-state index in [4.69, 9.17) is 9.15 Å². The zero-order valence-corrected chi connectivity index (χ0v) is 20.2. The number of furan rings is 1. The highest BCUT2D eigenvalue weighted by molar-refractivity contribution is 8.00. The molecule has 0 spiro atoms. The van der Waals surface area contributed by atoms with E-state index in [1.165, 1.54) is 9.90 Å². The lowest BCUT2D eigenvalue weighted by atomic mass is 10.1. The molecule has 0 N–H and O–H groups in total. The number of amides is 1. The van der Waals surface area contributed by atoms with Gasteiger partial charge < -0.3 is 19.0 Å². The van der Waals surface area contributed by atoms with Gasteiger partial charge in [-0.05, 0) is 35.2 Å². The van der Waals surface area contributed by atoms with Crippen LogP contribution < -0.4 is 4.90 Å². The molecule has 1 fully saturated rings. The maximum atomic E-state index is 13.4. The number of fused-ring (bicyclic) bond motifs is 1. The molecular weight excluding hydrogens is 452 g/mol. The number of carbonyl (C=O) groups is 1. The van der Waals surface area contributed by atoms with Gasteiger partial charge in [0.15, 0.2) is 5.76 Å². The fourth-order valence-corrected chi connectivity index (χ4v) is 5.87. The Morgan fingerprint density at radius 2 is 1.85 bits per heavy atom. The van der Waals surface area contributed by atoms with Crippen LogP contribution in [0, 0.1) is 0 Å². The third-order valence-corrected chi connectivity index (χ3v) is 7.98. The summed E-state index contributed by atoms with van der Waals surface area (Å²) in [6.07, 6.45) is 0. The van der Waals surface area contributed by atoms with Gasteiger partial charge in [0.25, 0.3) is 5.91 Å². The van der Waals surface area contributed by atoms with Crippen molar-refractivity contribution >= 4 is 45.7 Å². The second-order valence-electron chi connectivity index (χ2n) is 8.05. The first-order valence-corrected chi connectivity index (χ1v) is 12.9. The smallest absolute Gasteiger partial charge is 0.289 e. The van der Waals surface area contributed by atoms with Crippen LogP contribution in [0.25, 0.3) is 11.0 Å². The lowest BCUT2D eigenvalue weighted by Crippen LogP contribution is -2.36. The van der Waals surface area contributed by atoms with Crippen molar-refractivity contribution in [3.63, 3.8) is 0 Å². The SMILES string of the molecule is CN(Cc1ccc(N2CCOCC2)cc1)C(=O)c1oc2ccccc2c1CSc1cccs1. The van der Waals surface area contributed by atoms with Crippen LogP contribution in [0.1, 0.15) is 21.7 Å². The number of thiophene rings is 1. The summed E-state index contributed by atoms with van der Waals surface area (Å²) in [6.45, 7) is 3.88. The summed E-state index contributed by atoms with van der Waals surface area (Å²) < 4.78 is 12.7. The van der Waals surface area contributed by atoms with E-state index in [1.807, 2.05) is 37.4 Å². The monoisotopic (exact) mass is 478 g/mol. The lowest BCUT2D eigenvalue weighted by Gasteiger charge is -2.29. The first-order valence-electron chi connectivity index (χ1n) is 11.0. The van der Waals surface area contributed by atoms with Crippen molar-refractivity contribution in [3.05, 3.63) is 82.9 Å². The van der Waals surface area contributed by atoms with Gasteiger partial charge in [-0.2, -0.15) is 0 Å². The van der Waals surface area contributed by atoms with Crippen LogP contribution in [0.3, 0.4) is 0 Å². The van der Waals surface area contributed by atoms with Gasteiger partial charge in [-0.1, -0.05) is 36.4 Å². The summed E-state index contributed by atoms with van der Waals surface area (Å²) in [4.78, 5) is 17.5. The minimum Gasteiger partial charge on any atom is -0.451 e. The van der Waals surface area contributed by atoms with E-state index in [2.05, 4.69) is 40.6 Å². The Morgan fingerprint density at radius 1 is 1.06 bits per heavy atom. The van der Waals surface area contributed by atoms with Crippen LogP contribution >= 0.6 is 23.1 Å². The molecule has 4 aromatic rings. The molecule has 2 aromatic heterocycles. The van der Waals surface area contributed by atoms with Crippen molar-refractivity contribution in [1.29, 1.82) is 0 Å². The zero-order chi connectivity index (χ0) is 22.6. The average Bonchev–Trinajstić information content (AvgIpc) is 3.51. The lowest BCUT2D eigenvalue weighted by molar-refractivity contribution is 0.0754. The molecule has 0 atom stereocenters. The number of morpholine rings is 1. The van der Waals surface area contributed by atoms with Crippen molar-refractivity contribution < 1.29 is 13.9 Å². The van der Waals surface area contributed by atoms with Crippen molar-refractivity contribution in [1.82, 2.24) is 4.90 Å². The molecule has 5 nitrogen and oxygen atoms in total. The van der Waals surface area contributed by atoms with E-state index in [1.54, 1.807) is 28.0 Å². The van der Waals surface area contributed by atoms with Crippen LogP contribution in [-0.4, -0.2) is 44.2 Å². The number of anilines is 1. The number of para-hydroxylation sites is 1. The quantitative estimate of drug-likeness (QED) is 0.310. The number of rotatable bonds is 7. The molecule has 3 heterocycles. The summed E-state index contributed by atoms with van der Waals surface area (Å²) in [6, 6.07) is 20.5. The van der Waals surface area contributed by atoms with E-state index in [0.717, 1.165) is 48.4 Å². The molecule has 0 bridgehead atoms. The Hall–Kier alpha value is -2.74. The van der Waals surface area contributed by atoms with Gasteiger partial charge in [-0.15, -0.1) is 23.1 Å². The Bertz CT molecular complexity index is 1210. The van der Waals surface area contributed by atoms with Gasteiger partial charge in [-0.25, -0.2) is 0 Å². The van der Waals surface area contributed by atoms with E-state index in [0.29, 0.717) is 18.1 Å². The molecule has 1 amide bonds. The second kappa shape index (κ2) is 10.0. The van der Waals surface area contributed by atoms with Gasteiger partial charge in [0, 0.05) is 49.1 Å². The summed E-state index contributed by atoms with van der Waals surface area (Å²) >= 11 is 3.45. The molecule has 0 saturated carbocycles. The van der Waals surface area contributed by atoms with Gasteiger partial charge in [-0.3, -0.25) is 4.79 Å². The Balaban J connectivity index is 1.33. The van der Waals surface area contributed by atoms with Gasteiger partial charge in [0.1, 0.15) is 5.58 Å². The summed E-state index contributed by atoms with van der Waals surface area (Å²) in [5.74, 6) is 1.04. The number of nitrogens with zero attached hydrogens (tertiary/aromatic N) is 2. The molecule has 170 valence electrons. The molecule has 0 aliphatic carbocycles. The molecule has 1 aliphatic rings. The zero-order valence-electron chi connectivity index (χ0n) is 18.5. The molecular formula is C26H26N2O3S2. The molecule has 33 heavy (non-hydrogen) atoms. The van der Waals surface area contributed by atoms with Crippen LogP contribution in [-0.2, 0) is 17.0 Å². The summed E-state index contributed by atoms with van der Waals surface area (Å²) in [7, 11) is 1.83. The van der Waals surface area contributed by atoms with E-state index in [-0.39, 0.29) is 5.91 Å². The Kier molecular flexibility index (Phi) is 6.71. The number of hydrogen-bond donors (Lipinski definition) is 0. The fourth-order valence-electron chi connectivity index (χ4n) is 4.06. The van der Waals surface area contributed by atoms with Crippen LogP contribution in [0.15, 0.2) is 74.7 Å². The highest BCUT2D eigenvalue weighted by Gasteiger charge is 2.24. The first kappa shape index (κ1) is 22.1. The van der Waals surface area contributed by atoms with E-state index >= 15 is 0 Å². The molecule has 7 heteroatoms. The summed E-state index contributed by atoms with van der Waals surface area (Å²) in [5.41, 5.74) is 4.00.